The van der Waals surface area contributed by atoms with Gasteiger partial charge in [0.25, 0.3) is 0 Å². The lowest BCUT2D eigenvalue weighted by Crippen LogP contribution is -2.27. The highest BCUT2D eigenvalue weighted by Gasteiger charge is 2.23. The number of nitrogens with zero attached hydrogens (tertiary/aromatic N) is 1. The third-order valence-corrected chi connectivity index (χ3v) is 2.78. The Morgan fingerprint density at radius 2 is 2.12 bits per heavy atom. The highest BCUT2D eigenvalue weighted by molar-refractivity contribution is 5.67. The predicted octanol–water partition coefficient (Wildman–Crippen LogP) is 2.54. The van der Waals surface area contributed by atoms with E-state index in [4.69, 9.17) is 5.11 Å². The van der Waals surface area contributed by atoms with Crippen LogP contribution in [-0.4, -0.2) is 30.1 Å². The van der Waals surface area contributed by atoms with E-state index in [1.165, 1.54) is 12.1 Å². The maximum absolute atomic E-state index is 13.2. The molecule has 0 heterocycles. The third-order valence-electron chi connectivity index (χ3n) is 2.78. The van der Waals surface area contributed by atoms with Crippen LogP contribution in [0.4, 0.5) is 4.39 Å². The predicted molar refractivity (Wildman–Crippen MR) is 64.2 cm³/mol. The van der Waals surface area contributed by atoms with Crippen molar-refractivity contribution < 1.29 is 14.3 Å². The Bertz CT molecular complexity index is 393. The molecule has 4 heteroatoms. The zero-order chi connectivity index (χ0) is 13.0. The molecular formula is C13H18FNO2. The Hall–Kier alpha value is -1.42. The van der Waals surface area contributed by atoms with Gasteiger partial charge in [0.1, 0.15) is 5.82 Å². The van der Waals surface area contributed by atoms with Crippen molar-refractivity contribution in [2.24, 2.45) is 5.92 Å². The molecule has 0 fully saturated rings. The lowest BCUT2D eigenvalue weighted by atomic mass is 9.91. The van der Waals surface area contributed by atoms with Crippen LogP contribution in [0.25, 0.3) is 0 Å². The van der Waals surface area contributed by atoms with Gasteiger partial charge in [-0.2, -0.15) is 0 Å². The molecule has 2 atom stereocenters. The minimum absolute atomic E-state index is 0.0688. The van der Waals surface area contributed by atoms with Gasteiger partial charge >= 0.3 is 5.97 Å². The second-order valence-electron chi connectivity index (χ2n) is 4.54. The summed E-state index contributed by atoms with van der Waals surface area (Å²) < 4.78 is 13.2. The van der Waals surface area contributed by atoms with Crippen LogP contribution in [0.2, 0.25) is 0 Å². The van der Waals surface area contributed by atoms with Crippen molar-refractivity contribution in [2.75, 3.05) is 14.1 Å². The van der Waals surface area contributed by atoms with Crippen molar-refractivity contribution in [1.29, 1.82) is 0 Å². The van der Waals surface area contributed by atoms with Crippen molar-refractivity contribution in [3.8, 4) is 0 Å². The van der Waals surface area contributed by atoms with E-state index in [1.807, 2.05) is 32.0 Å². The van der Waals surface area contributed by atoms with Crippen molar-refractivity contribution in [3.63, 3.8) is 0 Å². The van der Waals surface area contributed by atoms with Gasteiger partial charge in [0, 0.05) is 12.5 Å². The molecule has 0 spiro atoms. The van der Waals surface area contributed by atoms with Crippen molar-refractivity contribution in [2.45, 2.75) is 19.4 Å². The summed E-state index contributed by atoms with van der Waals surface area (Å²) >= 11 is 0. The van der Waals surface area contributed by atoms with Crippen LogP contribution in [0.15, 0.2) is 24.3 Å². The molecule has 0 bridgehead atoms. The molecule has 0 saturated carbocycles. The number of carboxylic acids is 1. The summed E-state index contributed by atoms with van der Waals surface area (Å²) in [5.74, 6) is -1.21. The highest BCUT2D eigenvalue weighted by atomic mass is 19.1. The fourth-order valence-electron chi connectivity index (χ4n) is 2.21. The van der Waals surface area contributed by atoms with Crippen LogP contribution in [0.1, 0.15) is 24.9 Å². The summed E-state index contributed by atoms with van der Waals surface area (Å²) in [7, 11) is 3.74. The van der Waals surface area contributed by atoms with Crippen LogP contribution < -0.4 is 0 Å². The Labute approximate surface area is 101 Å². The summed E-state index contributed by atoms with van der Waals surface area (Å²) in [6.07, 6.45) is 0.0688. The summed E-state index contributed by atoms with van der Waals surface area (Å²) in [6, 6.07) is 6.23. The fraction of sp³-hybridized carbons (Fsp3) is 0.462. The normalized spacial score (nSPS) is 14.6. The van der Waals surface area contributed by atoms with Gasteiger partial charge in [-0.15, -0.1) is 0 Å². The van der Waals surface area contributed by atoms with Crippen LogP contribution in [0.3, 0.4) is 0 Å². The molecule has 0 aliphatic heterocycles. The van der Waals surface area contributed by atoms with Gasteiger partial charge in [-0.1, -0.05) is 19.1 Å². The molecule has 0 radical (unpaired) electrons. The molecule has 0 aliphatic rings. The standard InChI is InChI=1S/C13H18FNO2/c1-9(7-12(16)17)13(15(2)3)10-5-4-6-11(14)8-10/h4-6,8-9,13H,7H2,1-3H3,(H,16,17). The largest absolute Gasteiger partial charge is 0.481 e. The molecule has 3 nitrogen and oxygen atoms in total. The van der Waals surface area contributed by atoms with Gasteiger partial charge < -0.3 is 10.0 Å². The number of carbonyl (C=O) groups is 1. The Morgan fingerprint density at radius 1 is 1.47 bits per heavy atom. The first-order valence-electron chi connectivity index (χ1n) is 5.55. The molecule has 1 N–H and O–H groups in total. The molecule has 1 aromatic rings. The van der Waals surface area contributed by atoms with Crippen molar-refractivity contribution in [1.82, 2.24) is 4.90 Å². The highest BCUT2D eigenvalue weighted by Crippen LogP contribution is 2.29. The molecule has 17 heavy (non-hydrogen) atoms. The third kappa shape index (κ3) is 3.82. The van der Waals surface area contributed by atoms with E-state index >= 15 is 0 Å². The maximum atomic E-state index is 13.2. The molecule has 2 unspecified atom stereocenters. The van der Waals surface area contributed by atoms with E-state index < -0.39 is 5.97 Å². The topological polar surface area (TPSA) is 40.5 Å². The van der Waals surface area contributed by atoms with Gasteiger partial charge in [-0.25, -0.2) is 4.39 Å². The van der Waals surface area contributed by atoms with E-state index in [-0.39, 0.29) is 24.2 Å². The van der Waals surface area contributed by atoms with Crippen LogP contribution in [0, 0.1) is 11.7 Å². The maximum Gasteiger partial charge on any atom is 0.303 e. The second kappa shape index (κ2) is 5.77. The second-order valence-corrected chi connectivity index (χ2v) is 4.54. The van der Waals surface area contributed by atoms with Crippen molar-refractivity contribution >= 4 is 5.97 Å². The summed E-state index contributed by atoms with van der Waals surface area (Å²) in [5, 5.41) is 8.82. The van der Waals surface area contributed by atoms with Crippen LogP contribution in [-0.2, 0) is 4.79 Å². The smallest absolute Gasteiger partial charge is 0.303 e. The zero-order valence-corrected chi connectivity index (χ0v) is 10.4. The molecule has 0 aliphatic carbocycles. The average molecular weight is 239 g/mol. The number of benzene rings is 1. The van der Waals surface area contributed by atoms with Gasteiger partial charge in [0.2, 0.25) is 0 Å². The SMILES string of the molecule is CC(CC(=O)O)C(c1cccc(F)c1)N(C)C. The summed E-state index contributed by atoms with van der Waals surface area (Å²) in [6.45, 7) is 1.86. The molecule has 0 aromatic heterocycles. The van der Waals surface area contributed by atoms with E-state index in [9.17, 15) is 9.18 Å². The Balaban J connectivity index is 2.96. The van der Waals surface area contributed by atoms with Gasteiger partial charge in [0.05, 0.1) is 0 Å². The summed E-state index contributed by atoms with van der Waals surface area (Å²) in [5.41, 5.74) is 0.809. The minimum atomic E-state index is -0.833. The molecule has 1 rings (SSSR count). The van der Waals surface area contributed by atoms with E-state index in [1.54, 1.807) is 6.07 Å². The monoisotopic (exact) mass is 239 g/mol. The number of aliphatic carboxylic acids is 1. The first kappa shape index (κ1) is 13.6. The Morgan fingerprint density at radius 3 is 2.59 bits per heavy atom. The zero-order valence-electron chi connectivity index (χ0n) is 10.4. The average Bonchev–Trinajstić information content (AvgIpc) is 2.15. The number of halogens is 1. The molecule has 0 saturated heterocycles. The van der Waals surface area contributed by atoms with E-state index in [0.717, 1.165) is 5.56 Å². The fourth-order valence-corrected chi connectivity index (χ4v) is 2.21. The van der Waals surface area contributed by atoms with Crippen LogP contribution in [0.5, 0.6) is 0 Å². The Kier molecular flexibility index (Phi) is 4.63. The minimum Gasteiger partial charge on any atom is -0.481 e. The molecule has 1 aromatic carbocycles. The number of carboxylic acid groups (broad SMARTS) is 1. The first-order chi connectivity index (χ1) is 7.91. The molecular weight excluding hydrogens is 221 g/mol. The number of hydrogen-bond donors (Lipinski definition) is 1. The summed E-state index contributed by atoms with van der Waals surface area (Å²) in [4.78, 5) is 12.7. The molecule has 94 valence electrons. The van der Waals surface area contributed by atoms with Crippen molar-refractivity contribution in [3.05, 3.63) is 35.6 Å². The van der Waals surface area contributed by atoms with E-state index in [0.29, 0.717) is 0 Å². The molecule has 0 amide bonds. The van der Waals surface area contributed by atoms with Gasteiger partial charge in [-0.05, 0) is 37.7 Å². The first-order valence-corrected chi connectivity index (χ1v) is 5.55. The number of hydrogen-bond acceptors (Lipinski definition) is 2. The van der Waals surface area contributed by atoms with Gasteiger partial charge in [-0.3, -0.25) is 4.79 Å². The quantitative estimate of drug-likeness (QED) is 0.858. The van der Waals surface area contributed by atoms with Gasteiger partial charge in [0.15, 0.2) is 0 Å². The number of rotatable bonds is 5. The lowest BCUT2D eigenvalue weighted by Gasteiger charge is -2.29. The van der Waals surface area contributed by atoms with Crippen LogP contribution >= 0.6 is 0 Å². The van der Waals surface area contributed by atoms with E-state index in [2.05, 4.69) is 0 Å². The lowest BCUT2D eigenvalue weighted by molar-refractivity contribution is -0.138.